The van der Waals surface area contributed by atoms with Crippen LogP contribution >= 0.6 is 0 Å². The molecule has 0 aliphatic heterocycles. The lowest BCUT2D eigenvalue weighted by atomic mass is 9.71. The van der Waals surface area contributed by atoms with Gasteiger partial charge in [0.05, 0.1) is 10.8 Å². The monoisotopic (exact) mass is 1100 g/mol. The Labute approximate surface area is 494 Å². The summed E-state index contributed by atoms with van der Waals surface area (Å²) in [6, 6.07) is 42.4. The van der Waals surface area contributed by atoms with Crippen molar-refractivity contribution in [3.8, 4) is 0 Å². The number of H-pyrrole nitrogens is 2. The summed E-state index contributed by atoms with van der Waals surface area (Å²) in [7, 11) is 0. The first-order chi connectivity index (χ1) is 39.1. The van der Waals surface area contributed by atoms with Gasteiger partial charge in [-0.2, -0.15) is 0 Å². The van der Waals surface area contributed by atoms with E-state index in [-0.39, 0.29) is 11.1 Å². The highest BCUT2D eigenvalue weighted by molar-refractivity contribution is 5.82. The standard InChI is InChI=1S/C10H18.C10H12.C10H8.C8H6N2O2.C7H8.C6H12.12C2H6/c3*1-2-6-10-8-4-3-7-9(10)5-1;11-7-5-3-1-2-4-6(5)8(12)10-9-7;1-7-5-3-2-4-6-7;1-2-4-6-5-3-1;12*1-2/h9-10H,1-8H2;1-2,5-6H,3-4,7-8H2;1-8H;1-4H,(H,9,11)(H,10,12);2-6H,1H3;1-6H2;12*1-2H3. The summed E-state index contributed by atoms with van der Waals surface area (Å²) in [5.41, 5.74) is 3.93. The van der Waals surface area contributed by atoms with E-state index >= 15 is 0 Å². The van der Waals surface area contributed by atoms with Gasteiger partial charge in [-0.1, -0.05) is 377 Å². The summed E-state index contributed by atoms with van der Waals surface area (Å²) in [5.74, 6) is 2.31. The molecule has 3 fully saturated rings. The Bertz CT molecular complexity index is 1890. The molecule has 0 spiro atoms. The highest BCUT2D eigenvalue weighted by atomic mass is 16.1. The molecule has 4 heteroatoms. The maximum Gasteiger partial charge on any atom is 0.270 e. The molecule has 6 aromatic rings. The average molecular weight is 1100 g/mol. The van der Waals surface area contributed by atoms with Crippen molar-refractivity contribution < 1.29 is 0 Å². The zero-order chi connectivity index (χ0) is 62.3. The predicted molar refractivity (Wildman–Crippen MR) is 371 cm³/mol. The fourth-order valence-electron chi connectivity index (χ4n) is 8.39. The Morgan fingerprint density at radius 2 is 0.506 bits per heavy atom. The maximum atomic E-state index is 11.1. The molecule has 0 bridgehead atoms. The molecule has 0 amide bonds. The summed E-state index contributed by atoms with van der Waals surface area (Å²) in [6.07, 6.45) is 26.7. The van der Waals surface area contributed by atoms with Crippen LogP contribution in [0.15, 0.2) is 137 Å². The normalized spacial score (nSPS) is 13.6. The van der Waals surface area contributed by atoms with Crippen molar-refractivity contribution >= 4 is 21.5 Å². The number of aromatic nitrogens is 2. The summed E-state index contributed by atoms with van der Waals surface area (Å²) in [6.45, 7) is 50.1. The van der Waals surface area contributed by atoms with Crippen LogP contribution in [-0.2, 0) is 12.8 Å². The first-order valence-electron chi connectivity index (χ1n) is 33.3. The molecule has 0 unspecified atom stereocenters. The summed E-state index contributed by atoms with van der Waals surface area (Å²) in [5, 5.41) is 7.96. The van der Waals surface area contributed by atoms with Gasteiger partial charge in [0.2, 0.25) is 0 Å². The van der Waals surface area contributed by atoms with Gasteiger partial charge in [0.1, 0.15) is 0 Å². The van der Waals surface area contributed by atoms with Crippen molar-refractivity contribution in [2.75, 3.05) is 0 Å². The molecule has 1 heterocycles. The SMILES string of the molecule is C1CCC2CCCCC2C1.C1CCCCC1.CC.CC.CC.CC.CC.CC.CC.CC.CC.CC.CC.CC.Cc1ccccc1.O=c1[nH][nH]c(=O)c2ccccc12.c1ccc2c(c1)CCCC2.c1ccc2ccccc2c1. The molecule has 0 radical (unpaired) electrons. The zero-order valence-corrected chi connectivity index (χ0v) is 57.3. The third kappa shape index (κ3) is 48.9. The van der Waals surface area contributed by atoms with Crippen molar-refractivity contribution in [2.24, 2.45) is 11.8 Å². The number of hydrogen-bond donors (Lipinski definition) is 2. The zero-order valence-electron chi connectivity index (χ0n) is 57.3. The Hall–Kier alpha value is -4.70. The van der Waals surface area contributed by atoms with Crippen molar-refractivity contribution in [1.29, 1.82) is 0 Å². The molecule has 2 N–H and O–H groups in total. The second-order valence-corrected chi connectivity index (χ2v) is 15.6. The Kier molecular flexibility index (Phi) is 91.7. The van der Waals surface area contributed by atoms with E-state index in [1.54, 1.807) is 61.1 Å². The molecule has 4 aliphatic rings. The van der Waals surface area contributed by atoms with Crippen LogP contribution in [-0.4, -0.2) is 10.2 Å². The number of rotatable bonds is 0. The Morgan fingerprint density at radius 1 is 0.278 bits per heavy atom. The van der Waals surface area contributed by atoms with Crippen LogP contribution in [0.3, 0.4) is 0 Å². The van der Waals surface area contributed by atoms with Crippen molar-refractivity contribution in [1.82, 2.24) is 10.2 Å². The van der Waals surface area contributed by atoms with Gasteiger partial charge in [0, 0.05) is 0 Å². The highest BCUT2D eigenvalue weighted by Crippen LogP contribution is 2.40. The molecule has 458 valence electrons. The summed E-state index contributed by atoms with van der Waals surface area (Å²) in [4.78, 5) is 22.2. The first-order valence-corrected chi connectivity index (χ1v) is 33.3. The summed E-state index contributed by atoms with van der Waals surface area (Å²) >= 11 is 0. The minimum absolute atomic E-state index is 0.273. The van der Waals surface area contributed by atoms with Crippen molar-refractivity contribution in [3.63, 3.8) is 0 Å². The maximum absolute atomic E-state index is 11.1. The van der Waals surface area contributed by atoms with Gasteiger partial charge in [-0.15, -0.1) is 0 Å². The van der Waals surface area contributed by atoms with Crippen LogP contribution < -0.4 is 11.1 Å². The van der Waals surface area contributed by atoms with Crippen molar-refractivity contribution in [2.45, 2.75) is 289 Å². The molecule has 79 heavy (non-hydrogen) atoms. The van der Waals surface area contributed by atoms with Crippen LogP contribution in [0.5, 0.6) is 0 Å². The topological polar surface area (TPSA) is 65.7 Å². The van der Waals surface area contributed by atoms with Gasteiger partial charge in [0.25, 0.3) is 11.1 Å². The van der Waals surface area contributed by atoms with Gasteiger partial charge in [-0.3, -0.25) is 19.8 Å². The van der Waals surface area contributed by atoms with E-state index in [1.807, 2.05) is 184 Å². The largest absolute Gasteiger partial charge is 0.270 e. The van der Waals surface area contributed by atoms with Gasteiger partial charge >= 0.3 is 0 Å². The number of benzene rings is 5. The van der Waals surface area contributed by atoms with Crippen LogP contribution in [0.2, 0.25) is 0 Å². The van der Waals surface area contributed by atoms with E-state index in [4.69, 9.17) is 0 Å². The molecule has 1 aromatic heterocycles. The van der Waals surface area contributed by atoms with Gasteiger partial charge in [-0.05, 0) is 78.5 Å². The fraction of sp³-hybridized carbons (Fsp3) is 0.600. The van der Waals surface area contributed by atoms with Crippen LogP contribution in [0.25, 0.3) is 21.5 Å². The third-order valence-electron chi connectivity index (χ3n) is 11.5. The molecular formula is C75H136N2O2. The highest BCUT2D eigenvalue weighted by Gasteiger charge is 2.26. The molecule has 0 saturated heterocycles. The van der Waals surface area contributed by atoms with Gasteiger partial charge < -0.3 is 0 Å². The number of fused-ring (bicyclic) bond motifs is 4. The second kappa shape index (κ2) is 79.8. The van der Waals surface area contributed by atoms with Gasteiger partial charge in [-0.25, -0.2) is 0 Å². The minimum atomic E-state index is -0.273. The molecule has 3 saturated carbocycles. The number of aromatic amines is 2. The van der Waals surface area contributed by atoms with Crippen LogP contribution in [0, 0.1) is 18.8 Å². The number of aryl methyl sites for hydroxylation is 3. The first kappa shape index (κ1) is 90.8. The predicted octanol–water partition coefficient (Wildman–Crippen LogP) is 25.6. The second-order valence-electron chi connectivity index (χ2n) is 15.6. The number of hydrogen-bond acceptors (Lipinski definition) is 2. The molecule has 0 atom stereocenters. The van der Waals surface area contributed by atoms with E-state index < -0.39 is 0 Å². The van der Waals surface area contributed by atoms with Crippen LogP contribution in [0.1, 0.15) is 286 Å². The van der Waals surface area contributed by atoms with E-state index in [9.17, 15) is 9.59 Å². The molecule has 4 nitrogen and oxygen atoms in total. The quantitative estimate of drug-likeness (QED) is 0.159. The Morgan fingerprint density at radius 3 is 0.747 bits per heavy atom. The molecule has 4 aliphatic carbocycles. The lowest BCUT2D eigenvalue weighted by Gasteiger charge is -2.35. The van der Waals surface area contributed by atoms with Gasteiger partial charge in [0.15, 0.2) is 0 Å². The number of nitrogens with one attached hydrogen (secondary N) is 2. The third-order valence-corrected chi connectivity index (χ3v) is 11.5. The molecular weight excluding hydrogens is 961 g/mol. The Balaban J connectivity index is -0.000000119. The van der Waals surface area contributed by atoms with E-state index in [0.717, 1.165) is 11.8 Å². The molecule has 10 rings (SSSR count). The molecule has 5 aromatic carbocycles. The summed E-state index contributed by atoms with van der Waals surface area (Å²) < 4.78 is 0. The lowest BCUT2D eigenvalue weighted by molar-refractivity contribution is 0.171. The minimum Gasteiger partial charge on any atom is -0.267 e. The smallest absolute Gasteiger partial charge is 0.267 e. The van der Waals surface area contributed by atoms with Crippen molar-refractivity contribution in [3.05, 3.63) is 165 Å². The fourth-order valence-corrected chi connectivity index (χ4v) is 8.39. The van der Waals surface area contributed by atoms with E-state index in [1.165, 1.54) is 106 Å². The van der Waals surface area contributed by atoms with E-state index in [2.05, 4.69) is 102 Å². The lowest BCUT2D eigenvalue weighted by Crippen LogP contribution is -2.22. The average Bonchev–Trinajstić information content (AvgIpc) is 3.59. The van der Waals surface area contributed by atoms with Crippen LogP contribution in [0.4, 0.5) is 0 Å². The van der Waals surface area contributed by atoms with E-state index in [0.29, 0.717) is 10.8 Å².